The molecule has 3 N–H and O–H groups in total. The first-order chi connectivity index (χ1) is 10.0. The van der Waals surface area contributed by atoms with Crippen LogP contribution in [0.2, 0.25) is 0 Å². The van der Waals surface area contributed by atoms with E-state index in [1.54, 1.807) is 24.3 Å². The van der Waals surface area contributed by atoms with Gasteiger partial charge in [0.2, 0.25) is 0 Å². The summed E-state index contributed by atoms with van der Waals surface area (Å²) in [5.41, 5.74) is 1.20. The maximum absolute atomic E-state index is 11.9. The molecule has 2 amide bonds. The minimum Gasteiger partial charge on any atom is -0.481 e. The molecule has 1 aromatic rings. The number of carbonyl (C=O) groups excluding carboxylic acids is 2. The number of benzene rings is 1. The summed E-state index contributed by atoms with van der Waals surface area (Å²) in [6, 6.07) is 6.58. The molecule has 0 aromatic heterocycles. The van der Waals surface area contributed by atoms with Gasteiger partial charge in [0.05, 0.1) is 19.6 Å². The number of nitrogens with zero attached hydrogens (tertiary/aromatic N) is 1. The van der Waals surface area contributed by atoms with Gasteiger partial charge in [0.1, 0.15) is 5.70 Å². The van der Waals surface area contributed by atoms with E-state index in [2.05, 4.69) is 5.32 Å². The number of β-amino-alcohol motifs (C(OH)–C–C–N with tert-alkyl or cyclic N) is 1. The summed E-state index contributed by atoms with van der Waals surface area (Å²) in [6.45, 7) is -0.356. The van der Waals surface area contributed by atoms with E-state index < -0.39 is 17.8 Å². The van der Waals surface area contributed by atoms with Gasteiger partial charge in [0, 0.05) is 11.8 Å². The lowest BCUT2D eigenvalue weighted by atomic mass is 10.1. The minimum atomic E-state index is -0.951. The molecule has 0 saturated heterocycles. The zero-order valence-electron chi connectivity index (χ0n) is 11.1. The van der Waals surface area contributed by atoms with Crippen molar-refractivity contribution in [2.75, 3.05) is 18.5 Å². The Hall–Kier alpha value is -2.67. The summed E-state index contributed by atoms with van der Waals surface area (Å²) in [7, 11) is 0. The van der Waals surface area contributed by atoms with Gasteiger partial charge in [0.25, 0.3) is 11.8 Å². The Morgan fingerprint density at radius 2 is 2.05 bits per heavy atom. The first-order valence-corrected chi connectivity index (χ1v) is 6.27. The van der Waals surface area contributed by atoms with Crippen LogP contribution in [0, 0.1) is 0 Å². The number of nitrogens with one attached hydrogen (secondary N) is 1. The quantitative estimate of drug-likeness (QED) is 0.635. The van der Waals surface area contributed by atoms with Crippen molar-refractivity contribution in [2.45, 2.75) is 6.42 Å². The molecule has 0 saturated carbocycles. The van der Waals surface area contributed by atoms with Crippen LogP contribution in [-0.4, -0.2) is 46.0 Å². The van der Waals surface area contributed by atoms with E-state index in [1.165, 1.54) is 0 Å². The normalized spacial score (nSPS) is 14.3. The van der Waals surface area contributed by atoms with Gasteiger partial charge in [-0.15, -0.1) is 0 Å². The lowest BCUT2D eigenvalue weighted by Gasteiger charge is -2.13. The van der Waals surface area contributed by atoms with Gasteiger partial charge in [-0.25, -0.2) is 0 Å². The Morgan fingerprint density at radius 1 is 1.29 bits per heavy atom. The highest BCUT2D eigenvalue weighted by molar-refractivity contribution is 6.17. The molecular formula is C14H14N2O5. The summed E-state index contributed by atoms with van der Waals surface area (Å²) >= 11 is 0. The number of carboxylic acid groups (broad SMARTS) is 1. The van der Waals surface area contributed by atoms with E-state index in [0.29, 0.717) is 11.3 Å². The van der Waals surface area contributed by atoms with Crippen LogP contribution in [0.4, 0.5) is 5.69 Å². The summed E-state index contributed by atoms with van der Waals surface area (Å²) in [5, 5.41) is 20.4. The molecule has 1 aliphatic heterocycles. The fourth-order valence-electron chi connectivity index (χ4n) is 2.00. The fourth-order valence-corrected chi connectivity index (χ4v) is 2.00. The largest absolute Gasteiger partial charge is 0.481 e. The molecule has 1 aliphatic rings. The first kappa shape index (κ1) is 14.7. The van der Waals surface area contributed by atoms with Gasteiger partial charge < -0.3 is 15.5 Å². The van der Waals surface area contributed by atoms with Crippen LogP contribution < -0.4 is 5.32 Å². The maximum Gasteiger partial charge on any atom is 0.307 e. The van der Waals surface area contributed by atoms with Crippen LogP contribution in [0.5, 0.6) is 0 Å². The van der Waals surface area contributed by atoms with E-state index in [-0.39, 0.29) is 25.3 Å². The van der Waals surface area contributed by atoms with Crippen molar-refractivity contribution in [2.24, 2.45) is 0 Å². The molecule has 0 aliphatic carbocycles. The van der Waals surface area contributed by atoms with E-state index in [4.69, 9.17) is 10.2 Å². The lowest BCUT2D eigenvalue weighted by molar-refractivity contribution is -0.138. The highest BCUT2D eigenvalue weighted by atomic mass is 16.4. The smallest absolute Gasteiger partial charge is 0.307 e. The van der Waals surface area contributed by atoms with Crippen molar-refractivity contribution >= 4 is 23.5 Å². The highest BCUT2D eigenvalue weighted by Crippen LogP contribution is 2.18. The van der Waals surface area contributed by atoms with Gasteiger partial charge in [-0.3, -0.25) is 19.3 Å². The SMILES string of the molecule is O=C(O)Cc1cccc(NC2=CC(=O)N(CCO)C2=O)c1. The molecule has 0 spiro atoms. The second-order valence-corrected chi connectivity index (χ2v) is 4.47. The maximum atomic E-state index is 11.9. The van der Waals surface area contributed by atoms with Crippen LogP contribution >= 0.6 is 0 Å². The zero-order valence-corrected chi connectivity index (χ0v) is 11.1. The Kier molecular flexibility index (Phi) is 4.34. The minimum absolute atomic E-state index is 0.0571. The molecule has 0 fully saturated rings. The van der Waals surface area contributed by atoms with Gasteiger partial charge in [-0.2, -0.15) is 0 Å². The average Bonchev–Trinajstić information content (AvgIpc) is 2.66. The summed E-state index contributed by atoms with van der Waals surface area (Å²) in [5.74, 6) is -1.96. The predicted octanol–water partition coefficient (Wildman–Crippen LogP) is -0.0294. The average molecular weight is 290 g/mol. The third-order valence-corrected chi connectivity index (χ3v) is 2.89. The summed E-state index contributed by atoms with van der Waals surface area (Å²) in [4.78, 5) is 35.1. The molecule has 0 unspecified atom stereocenters. The number of anilines is 1. The number of hydrogen-bond donors (Lipinski definition) is 3. The summed E-state index contributed by atoms with van der Waals surface area (Å²) in [6.07, 6.45) is 1.03. The van der Waals surface area contributed by atoms with Gasteiger partial charge in [-0.05, 0) is 17.7 Å². The van der Waals surface area contributed by atoms with E-state index in [1.807, 2.05) is 0 Å². The monoisotopic (exact) mass is 290 g/mol. The van der Waals surface area contributed by atoms with Crippen LogP contribution in [0.3, 0.4) is 0 Å². The molecule has 7 heteroatoms. The number of aliphatic hydroxyl groups excluding tert-OH is 1. The molecule has 110 valence electrons. The molecular weight excluding hydrogens is 276 g/mol. The van der Waals surface area contributed by atoms with Gasteiger partial charge in [0.15, 0.2) is 0 Å². The number of hydrogen-bond acceptors (Lipinski definition) is 5. The number of aliphatic hydroxyl groups is 1. The molecule has 0 radical (unpaired) electrons. The van der Waals surface area contributed by atoms with Crippen molar-refractivity contribution < 1.29 is 24.6 Å². The number of carboxylic acids is 1. The van der Waals surface area contributed by atoms with E-state index >= 15 is 0 Å². The highest BCUT2D eigenvalue weighted by Gasteiger charge is 2.30. The van der Waals surface area contributed by atoms with Gasteiger partial charge in [-0.1, -0.05) is 12.1 Å². The number of imide groups is 1. The van der Waals surface area contributed by atoms with Crippen LogP contribution in [-0.2, 0) is 20.8 Å². The van der Waals surface area contributed by atoms with Crippen molar-refractivity contribution in [3.63, 3.8) is 0 Å². The third kappa shape index (κ3) is 3.46. The Morgan fingerprint density at radius 3 is 2.71 bits per heavy atom. The molecule has 2 rings (SSSR count). The molecule has 0 bridgehead atoms. The Bertz CT molecular complexity index is 624. The van der Waals surface area contributed by atoms with Crippen molar-refractivity contribution in [3.8, 4) is 0 Å². The van der Waals surface area contributed by atoms with Crippen molar-refractivity contribution in [3.05, 3.63) is 41.6 Å². The second kappa shape index (κ2) is 6.19. The zero-order chi connectivity index (χ0) is 15.4. The van der Waals surface area contributed by atoms with Gasteiger partial charge >= 0.3 is 5.97 Å². The van der Waals surface area contributed by atoms with Crippen LogP contribution in [0.15, 0.2) is 36.0 Å². The van der Waals surface area contributed by atoms with E-state index in [0.717, 1.165) is 11.0 Å². The molecule has 7 nitrogen and oxygen atoms in total. The molecule has 1 heterocycles. The first-order valence-electron chi connectivity index (χ1n) is 6.27. The Balaban J connectivity index is 2.12. The van der Waals surface area contributed by atoms with Crippen LogP contribution in [0.25, 0.3) is 0 Å². The number of rotatable bonds is 6. The Labute approximate surface area is 120 Å². The number of amides is 2. The third-order valence-electron chi connectivity index (χ3n) is 2.89. The molecule has 0 atom stereocenters. The fraction of sp³-hybridized carbons (Fsp3) is 0.214. The van der Waals surface area contributed by atoms with Crippen molar-refractivity contribution in [1.82, 2.24) is 4.90 Å². The predicted molar refractivity (Wildman–Crippen MR) is 73.3 cm³/mol. The van der Waals surface area contributed by atoms with E-state index in [9.17, 15) is 14.4 Å². The summed E-state index contributed by atoms with van der Waals surface area (Å²) < 4.78 is 0. The number of carbonyl (C=O) groups is 3. The van der Waals surface area contributed by atoms with Crippen molar-refractivity contribution in [1.29, 1.82) is 0 Å². The number of aliphatic carboxylic acids is 1. The molecule has 1 aromatic carbocycles. The lowest BCUT2D eigenvalue weighted by Crippen LogP contribution is -2.34. The molecule has 21 heavy (non-hydrogen) atoms. The topological polar surface area (TPSA) is 107 Å². The standard InChI is InChI=1S/C14H14N2O5/c17-5-4-16-12(18)8-11(14(16)21)15-10-3-1-2-9(6-10)7-13(19)20/h1-3,6,8,15,17H,4-5,7H2,(H,19,20). The van der Waals surface area contributed by atoms with Crippen LogP contribution in [0.1, 0.15) is 5.56 Å². The second-order valence-electron chi connectivity index (χ2n) is 4.47.